The first kappa shape index (κ1) is 27.9. The van der Waals surface area contributed by atoms with E-state index in [2.05, 4.69) is 4.98 Å². The number of anilines is 1. The van der Waals surface area contributed by atoms with Gasteiger partial charge in [0.1, 0.15) is 5.52 Å². The first-order chi connectivity index (χ1) is 22.2. The molecular formula is C37H28N2O7. The maximum atomic E-state index is 14.2. The van der Waals surface area contributed by atoms with Gasteiger partial charge in [0.2, 0.25) is 17.7 Å². The van der Waals surface area contributed by atoms with E-state index >= 15 is 0 Å². The Morgan fingerprint density at radius 2 is 1.74 bits per heavy atom. The van der Waals surface area contributed by atoms with Gasteiger partial charge in [-0.2, -0.15) is 0 Å². The average Bonchev–Trinajstić information content (AvgIpc) is 3.61. The molecule has 0 bridgehead atoms. The molecule has 0 radical (unpaired) electrons. The molecular weight excluding hydrogens is 584 g/mol. The Kier molecular flexibility index (Phi) is 6.22. The number of hydrogen-bond acceptors (Lipinski definition) is 8. The number of ketones is 2. The van der Waals surface area contributed by atoms with Crippen molar-refractivity contribution in [2.45, 2.75) is 25.7 Å². The van der Waals surface area contributed by atoms with Gasteiger partial charge < -0.3 is 14.3 Å². The number of imide groups is 1. The summed E-state index contributed by atoms with van der Waals surface area (Å²) in [4.78, 5) is 60.9. The molecule has 9 heteroatoms. The van der Waals surface area contributed by atoms with Crippen LogP contribution in [0.2, 0.25) is 0 Å². The lowest BCUT2D eigenvalue weighted by Crippen LogP contribution is -2.39. The largest absolute Gasteiger partial charge is 0.504 e. The number of aromatic hydroxyl groups is 1. The number of carbonyl (C=O) groups is 4. The van der Waals surface area contributed by atoms with E-state index in [1.165, 1.54) is 18.1 Å². The van der Waals surface area contributed by atoms with Crippen molar-refractivity contribution in [2.75, 3.05) is 12.0 Å². The minimum absolute atomic E-state index is 0.0972. The molecule has 1 aromatic heterocycles. The van der Waals surface area contributed by atoms with Crippen LogP contribution >= 0.6 is 0 Å². The van der Waals surface area contributed by atoms with Gasteiger partial charge in [-0.05, 0) is 85.9 Å². The lowest BCUT2D eigenvalue weighted by molar-refractivity contribution is -0.123. The fourth-order valence-electron chi connectivity index (χ4n) is 7.63. The zero-order valence-electron chi connectivity index (χ0n) is 25.0. The summed E-state index contributed by atoms with van der Waals surface area (Å²) in [5, 5.41) is 10.7. The number of Topliss-reactive ketones (excluding diaryl/α,β-unsaturated/α-hetero) is 1. The van der Waals surface area contributed by atoms with Crippen LogP contribution in [0.5, 0.6) is 11.5 Å². The Morgan fingerprint density at radius 1 is 0.957 bits per heavy atom. The SMILES string of the molecule is COc1ccc(C2C3=CCC4C(=O)N(c5ccc(-c6nc7ccccc7o6)cc5)C(=O)C4C3CC3=C2C(=O)C(C)=CC3=O)cc1O. The number of phenolic OH excluding ortho intramolecular Hbond substituents is 1. The highest BCUT2D eigenvalue weighted by Gasteiger charge is 2.56. The van der Waals surface area contributed by atoms with E-state index in [9.17, 15) is 24.3 Å². The number of oxazole rings is 1. The number of rotatable bonds is 4. The van der Waals surface area contributed by atoms with Gasteiger partial charge in [-0.3, -0.25) is 24.1 Å². The Labute approximate surface area is 263 Å². The molecule has 4 aromatic rings. The second kappa shape index (κ2) is 10.2. The van der Waals surface area contributed by atoms with Crippen LogP contribution in [-0.4, -0.2) is 40.6 Å². The van der Waals surface area contributed by atoms with E-state index in [0.29, 0.717) is 51.4 Å². The van der Waals surface area contributed by atoms with Crippen LogP contribution < -0.4 is 9.64 Å². The van der Waals surface area contributed by atoms with Gasteiger partial charge in [0, 0.05) is 28.2 Å². The third-order valence-electron chi connectivity index (χ3n) is 9.77. The molecule has 3 aliphatic carbocycles. The molecule has 3 aromatic carbocycles. The molecule has 228 valence electrons. The molecule has 8 rings (SSSR count). The number of nitrogens with zero attached hydrogens (tertiary/aromatic N) is 2. The van der Waals surface area contributed by atoms with Gasteiger partial charge in [0.15, 0.2) is 28.6 Å². The number of ether oxygens (including phenoxy) is 1. The number of carbonyl (C=O) groups excluding carboxylic acids is 4. The minimum Gasteiger partial charge on any atom is -0.504 e. The average molecular weight is 613 g/mol. The van der Waals surface area contributed by atoms with Gasteiger partial charge >= 0.3 is 0 Å². The molecule has 2 amide bonds. The van der Waals surface area contributed by atoms with Gasteiger partial charge in [-0.1, -0.05) is 29.8 Å². The number of benzene rings is 3. The number of methoxy groups -OCH3 is 1. The quantitative estimate of drug-likeness (QED) is 0.173. The Bertz CT molecular complexity index is 2080. The molecule has 1 fully saturated rings. The van der Waals surface area contributed by atoms with Gasteiger partial charge in [-0.15, -0.1) is 0 Å². The molecule has 1 N–H and O–H groups in total. The van der Waals surface area contributed by atoms with Crippen molar-refractivity contribution in [1.82, 2.24) is 4.98 Å². The molecule has 0 saturated carbocycles. The predicted octanol–water partition coefficient (Wildman–Crippen LogP) is 5.84. The third-order valence-corrected chi connectivity index (χ3v) is 9.77. The summed E-state index contributed by atoms with van der Waals surface area (Å²) in [6.07, 6.45) is 3.80. The molecule has 4 atom stereocenters. The van der Waals surface area contributed by atoms with Gasteiger partial charge in [0.25, 0.3) is 0 Å². The van der Waals surface area contributed by atoms with E-state index in [1.54, 1.807) is 49.4 Å². The fraction of sp³-hybridized carbons (Fsp3) is 0.216. The normalized spacial score (nSPS) is 24.1. The highest BCUT2D eigenvalue weighted by Crippen LogP contribution is 2.56. The summed E-state index contributed by atoms with van der Waals surface area (Å²) in [6, 6.07) is 19.4. The number of hydrogen-bond donors (Lipinski definition) is 1. The van der Waals surface area contributed by atoms with Crippen LogP contribution in [0.1, 0.15) is 31.2 Å². The van der Waals surface area contributed by atoms with E-state index in [1.807, 2.05) is 30.3 Å². The molecule has 9 nitrogen and oxygen atoms in total. The molecule has 0 spiro atoms. The maximum absolute atomic E-state index is 14.2. The maximum Gasteiger partial charge on any atom is 0.238 e. The van der Waals surface area contributed by atoms with Crippen molar-refractivity contribution in [3.63, 3.8) is 0 Å². The van der Waals surface area contributed by atoms with Crippen molar-refractivity contribution >= 4 is 40.2 Å². The number of allylic oxidation sites excluding steroid dienone is 6. The molecule has 4 aliphatic rings. The number of amides is 2. The lowest BCUT2D eigenvalue weighted by Gasteiger charge is -2.42. The van der Waals surface area contributed by atoms with Gasteiger partial charge in [0.05, 0.1) is 24.6 Å². The summed E-state index contributed by atoms with van der Waals surface area (Å²) in [5.41, 5.74) is 5.06. The van der Waals surface area contributed by atoms with Crippen molar-refractivity contribution in [2.24, 2.45) is 17.8 Å². The topological polar surface area (TPSA) is 127 Å². The van der Waals surface area contributed by atoms with Crippen molar-refractivity contribution in [3.05, 3.63) is 107 Å². The third kappa shape index (κ3) is 4.04. The monoisotopic (exact) mass is 612 g/mol. The van der Waals surface area contributed by atoms with Crippen molar-refractivity contribution in [3.8, 4) is 23.0 Å². The van der Waals surface area contributed by atoms with E-state index in [4.69, 9.17) is 9.15 Å². The zero-order valence-corrected chi connectivity index (χ0v) is 25.0. The molecule has 46 heavy (non-hydrogen) atoms. The Balaban J connectivity index is 1.16. The molecule has 2 heterocycles. The Hall–Kier alpha value is -5.57. The lowest BCUT2D eigenvalue weighted by atomic mass is 9.59. The fourth-order valence-corrected chi connectivity index (χ4v) is 7.63. The Morgan fingerprint density at radius 3 is 2.48 bits per heavy atom. The van der Waals surface area contributed by atoms with Crippen LogP contribution in [0.3, 0.4) is 0 Å². The molecule has 1 saturated heterocycles. The van der Waals surface area contributed by atoms with Gasteiger partial charge in [-0.25, -0.2) is 4.98 Å². The van der Waals surface area contributed by atoms with E-state index in [0.717, 1.165) is 11.1 Å². The highest BCUT2D eigenvalue weighted by molar-refractivity contribution is 6.25. The summed E-state index contributed by atoms with van der Waals surface area (Å²) in [5.74, 6) is -2.94. The molecule has 4 unspecified atom stereocenters. The molecule has 1 aliphatic heterocycles. The number of phenols is 1. The van der Waals surface area contributed by atoms with Crippen LogP contribution in [-0.2, 0) is 19.2 Å². The predicted molar refractivity (Wildman–Crippen MR) is 168 cm³/mol. The van der Waals surface area contributed by atoms with Crippen LogP contribution in [0.4, 0.5) is 5.69 Å². The number of fused-ring (bicyclic) bond motifs is 4. The highest BCUT2D eigenvalue weighted by atomic mass is 16.5. The summed E-state index contributed by atoms with van der Waals surface area (Å²) < 4.78 is 11.1. The summed E-state index contributed by atoms with van der Waals surface area (Å²) >= 11 is 0. The number of aromatic nitrogens is 1. The second-order valence-electron chi connectivity index (χ2n) is 12.2. The van der Waals surface area contributed by atoms with Crippen molar-refractivity contribution in [1.29, 1.82) is 0 Å². The summed E-state index contributed by atoms with van der Waals surface area (Å²) in [7, 11) is 1.45. The first-order valence-electron chi connectivity index (χ1n) is 15.2. The summed E-state index contributed by atoms with van der Waals surface area (Å²) in [6.45, 7) is 1.62. The van der Waals surface area contributed by atoms with Crippen molar-refractivity contribution < 1.29 is 33.4 Å². The second-order valence-corrected chi connectivity index (χ2v) is 12.2. The van der Waals surface area contributed by atoms with Crippen LogP contribution in [0.15, 0.2) is 106 Å². The first-order valence-corrected chi connectivity index (χ1v) is 15.2. The number of para-hydroxylation sites is 2. The zero-order chi connectivity index (χ0) is 31.9. The standard InChI is InChI=1S/C37H28N2O7/c1-18-15-27(40)25-17-24-22(31(33(25)34(18)42)20-9-14-30(45-2)28(41)16-20)12-13-23-32(24)37(44)39(36(23)43)21-10-7-19(8-11-21)35-38-26-5-3-4-6-29(26)46-35/h3-12,14-16,23-24,31-32,41H,13,17H2,1-2H3. The van der Waals surface area contributed by atoms with E-state index in [-0.39, 0.29) is 41.3 Å². The van der Waals surface area contributed by atoms with Crippen LogP contribution in [0.25, 0.3) is 22.6 Å². The van der Waals surface area contributed by atoms with Crippen LogP contribution in [0, 0.1) is 17.8 Å². The van der Waals surface area contributed by atoms with E-state index < -0.39 is 23.7 Å². The minimum atomic E-state index is -0.706. The smallest absolute Gasteiger partial charge is 0.238 e.